The van der Waals surface area contributed by atoms with Gasteiger partial charge in [0.05, 0.1) is 5.56 Å². The number of hydrogen-bond donors (Lipinski definition) is 1. The van der Waals surface area contributed by atoms with Crippen molar-refractivity contribution < 1.29 is 9.53 Å². The Morgan fingerprint density at radius 2 is 2.28 bits per heavy atom. The lowest BCUT2D eigenvalue weighted by molar-refractivity contribution is 0.0930. The second-order valence-corrected chi connectivity index (χ2v) is 6.48. The lowest BCUT2D eigenvalue weighted by Gasteiger charge is -2.16. The van der Waals surface area contributed by atoms with Crippen molar-refractivity contribution in [3.05, 3.63) is 31.8 Å². The van der Waals surface area contributed by atoms with Gasteiger partial charge in [-0.25, -0.2) is 0 Å². The zero-order chi connectivity index (χ0) is 13.5. The molecule has 0 aliphatic rings. The lowest BCUT2D eigenvalue weighted by Crippen LogP contribution is -2.37. The fourth-order valence-electron chi connectivity index (χ4n) is 1.38. The van der Waals surface area contributed by atoms with Crippen LogP contribution >= 0.6 is 54.5 Å². The van der Waals surface area contributed by atoms with Crippen LogP contribution in [0.25, 0.3) is 0 Å². The van der Waals surface area contributed by atoms with Gasteiger partial charge in [-0.1, -0.05) is 15.9 Å². The van der Waals surface area contributed by atoms with E-state index in [1.807, 2.05) is 18.2 Å². The summed E-state index contributed by atoms with van der Waals surface area (Å²) in [6, 6.07) is 5.77. The van der Waals surface area contributed by atoms with Crippen LogP contribution < -0.4 is 5.32 Å². The van der Waals surface area contributed by atoms with E-state index in [9.17, 15) is 4.79 Å². The summed E-state index contributed by atoms with van der Waals surface area (Å²) in [6.45, 7) is 0.629. The largest absolute Gasteiger partial charge is 0.385 e. The molecule has 1 unspecified atom stereocenters. The first-order valence-electron chi connectivity index (χ1n) is 5.39. The summed E-state index contributed by atoms with van der Waals surface area (Å²) in [5.41, 5.74) is 0.658. The average molecular weight is 491 g/mol. The highest BCUT2D eigenvalue weighted by molar-refractivity contribution is 14.1. The van der Waals surface area contributed by atoms with Crippen molar-refractivity contribution in [2.24, 2.45) is 0 Å². The molecule has 0 saturated carbocycles. The lowest BCUT2D eigenvalue weighted by atomic mass is 10.2. The van der Waals surface area contributed by atoms with E-state index in [0.717, 1.165) is 14.5 Å². The number of carbonyl (C=O) groups excluding carboxylic acids is 1. The maximum Gasteiger partial charge on any atom is 0.252 e. The molecule has 1 atom stereocenters. The minimum absolute atomic E-state index is 0.0686. The molecule has 6 heteroatoms. The van der Waals surface area contributed by atoms with Crippen molar-refractivity contribution in [3.8, 4) is 0 Å². The zero-order valence-electron chi connectivity index (χ0n) is 9.88. The van der Waals surface area contributed by atoms with Crippen LogP contribution in [0.4, 0.5) is 0 Å². The molecule has 1 aromatic carbocycles. The number of nitrogens with one attached hydrogen (secondary N) is 1. The fraction of sp³-hybridized carbons (Fsp3) is 0.417. The first-order chi connectivity index (χ1) is 8.58. The Morgan fingerprint density at radius 1 is 1.56 bits per heavy atom. The number of amides is 1. The Bertz CT molecular complexity index is 415. The first-order valence-corrected chi connectivity index (χ1v) is 8.38. The third-order valence-electron chi connectivity index (χ3n) is 2.36. The first kappa shape index (κ1) is 16.4. The molecule has 0 heterocycles. The van der Waals surface area contributed by atoms with Crippen molar-refractivity contribution in [1.82, 2.24) is 5.32 Å². The minimum atomic E-state index is -0.0686. The summed E-state index contributed by atoms with van der Waals surface area (Å²) in [5.74, 6) is -0.0686. The van der Waals surface area contributed by atoms with Crippen LogP contribution in [0.5, 0.6) is 0 Å². The number of carbonyl (C=O) groups is 1. The van der Waals surface area contributed by atoms with E-state index < -0.39 is 0 Å². The van der Waals surface area contributed by atoms with E-state index in [2.05, 4.69) is 59.8 Å². The Hall–Kier alpha value is 0.340. The van der Waals surface area contributed by atoms with Crippen LogP contribution in [-0.2, 0) is 4.74 Å². The number of ether oxygens (including phenoxy) is 1. The van der Waals surface area contributed by atoms with Crippen molar-refractivity contribution in [3.63, 3.8) is 0 Å². The van der Waals surface area contributed by atoms with Gasteiger partial charge >= 0.3 is 0 Å². The average Bonchev–Trinajstić information content (AvgIpc) is 2.37. The molecule has 0 aliphatic heterocycles. The predicted molar refractivity (Wildman–Crippen MR) is 88.4 cm³/mol. The molecule has 1 aromatic rings. The maximum atomic E-state index is 12.1. The van der Waals surface area contributed by atoms with Gasteiger partial charge in [-0.3, -0.25) is 4.79 Å². The summed E-state index contributed by atoms with van der Waals surface area (Å²) in [5, 5.41) is 3.70. The molecule has 0 radical (unpaired) electrons. The van der Waals surface area contributed by atoms with Gasteiger partial charge in [0.1, 0.15) is 0 Å². The number of alkyl halides is 1. The zero-order valence-corrected chi connectivity index (χ0v) is 15.2. The van der Waals surface area contributed by atoms with E-state index in [1.165, 1.54) is 0 Å². The Kier molecular flexibility index (Phi) is 7.74. The van der Waals surface area contributed by atoms with Gasteiger partial charge in [0.15, 0.2) is 0 Å². The molecule has 1 amide bonds. The molecule has 1 rings (SSSR count). The Labute approximate surface area is 137 Å². The maximum absolute atomic E-state index is 12.1. The molecule has 0 aliphatic carbocycles. The van der Waals surface area contributed by atoms with Gasteiger partial charge in [-0.05, 0) is 63.1 Å². The number of hydrogen-bond acceptors (Lipinski definition) is 2. The monoisotopic (exact) mass is 489 g/mol. The van der Waals surface area contributed by atoms with Crippen molar-refractivity contribution in [1.29, 1.82) is 0 Å². The summed E-state index contributed by atoms with van der Waals surface area (Å²) < 4.78 is 6.86. The van der Waals surface area contributed by atoms with Crippen molar-refractivity contribution in [2.45, 2.75) is 12.5 Å². The van der Waals surface area contributed by atoms with E-state index >= 15 is 0 Å². The van der Waals surface area contributed by atoms with E-state index in [-0.39, 0.29) is 11.9 Å². The SMILES string of the molecule is COCCC(CBr)NC(=O)c1cc(I)ccc1Br. The number of benzene rings is 1. The van der Waals surface area contributed by atoms with Crippen LogP contribution in [0, 0.1) is 3.57 Å². The molecule has 100 valence electrons. The molecule has 0 bridgehead atoms. The van der Waals surface area contributed by atoms with Gasteiger partial charge in [0.2, 0.25) is 0 Å². The van der Waals surface area contributed by atoms with Gasteiger partial charge in [-0.15, -0.1) is 0 Å². The van der Waals surface area contributed by atoms with Crippen LogP contribution in [0.1, 0.15) is 16.8 Å². The molecule has 0 fully saturated rings. The normalized spacial score (nSPS) is 12.2. The van der Waals surface area contributed by atoms with E-state index in [1.54, 1.807) is 7.11 Å². The topological polar surface area (TPSA) is 38.3 Å². The third kappa shape index (κ3) is 5.14. The van der Waals surface area contributed by atoms with E-state index in [4.69, 9.17) is 4.74 Å². The van der Waals surface area contributed by atoms with Crippen LogP contribution in [-0.4, -0.2) is 31.0 Å². The number of halogens is 3. The Morgan fingerprint density at radius 3 is 2.89 bits per heavy atom. The molecule has 1 N–H and O–H groups in total. The quantitative estimate of drug-likeness (QED) is 0.489. The van der Waals surface area contributed by atoms with Gasteiger partial charge in [0, 0.05) is 33.1 Å². The second-order valence-electron chi connectivity index (χ2n) is 3.73. The molecular formula is C12H14Br2INO2. The van der Waals surface area contributed by atoms with Gasteiger partial charge in [0.25, 0.3) is 5.91 Å². The van der Waals surface area contributed by atoms with E-state index in [0.29, 0.717) is 17.5 Å². The number of rotatable bonds is 6. The predicted octanol–water partition coefficient (Wildman–Crippen LogP) is 3.58. The molecule has 0 spiro atoms. The van der Waals surface area contributed by atoms with Crippen molar-refractivity contribution in [2.75, 3.05) is 19.0 Å². The highest BCUT2D eigenvalue weighted by atomic mass is 127. The van der Waals surface area contributed by atoms with Crippen LogP contribution in [0.3, 0.4) is 0 Å². The summed E-state index contributed by atoms with van der Waals surface area (Å²) in [6.07, 6.45) is 0.787. The summed E-state index contributed by atoms with van der Waals surface area (Å²) in [4.78, 5) is 12.1. The molecule has 3 nitrogen and oxygen atoms in total. The van der Waals surface area contributed by atoms with Gasteiger partial charge in [-0.2, -0.15) is 0 Å². The van der Waals surface area contributed by atoms with Crippen LogP contribution in [0.2, 0.25) is 0 Å². The third-order valence-corrected chi connectivity index (χ3v) is 4.51. The highest BCUT2D eigenvalue weighted by Crippen LogP contribution is 2.19. The molecule has 0 saturated heterocycles. The van der Waals surface area contributed by atoms with Crippen LogP contribution in [0.15, 0.2) is 22.7 Å². The van der Waals surface area contributed by atoms with Crippen molar-refractivity contribution >= 4 is 60.4 Å². The number of methoxy groups -OCH3 is 1. The Balaban J connectivity index is 2.71. The fourth-order valence-corrected chi connectivity index (χ4v) is 2.79. The molecular weight excluding hydrogens is 477 g/mol. The minimum Gasteiger partial charge on any atom is -0.385 e. The summed E-state index contributed by atoms with van der Waals surface area (Å²) in [7, 11) is 1.66. The highest BCUT2D eigenvalue weighted by Gasteiger charge is 2.15. The molecule has 18 heavy (non-hydrogen) atoms. The standard InChI is InChI=1S/C12H14Br2INO2/c1-18-5-4-9(7-13)16-12(17)10-6-8(15)2-3-11(10)14/h2-3,6,9H,4-5,7H2,1H3,(H,16,17). The second kappa shape index (κ2) is 8.50. The van der Waals surface area contributed by atoms with Gasteiger partial charge < -0.3 is 10.1 Å². The molecule has 0 aromatic heterocycles. The summed E-state index contributed by atoms with van der Waals surface area (Å²) >= 11 is 8.98. The smallest absolute Gasteiger partial charge is 0.252 e.